The lowest BCUT2D eigenvalue weighted by Gasteiger charge is -2.07. The SMILES string of the molecule is COc1ccc(-c2noc3nc(C)cc(C(=O)Nc4cnn(Cc5ccc(C)cc5)c4)c23)cc1. The fourth-order valence-electron chi connectivity index (χ4n) is 3.79. The lowest BCUT2D eigenvalue weighted by Crippen LogP contribution is -2.13. The lowest BCUT2D eigenvalue weighted by atomic mass is 10.0. The minimum atomic E-state index is -0.289. The van der Waals surface area contributed by atoms with Gasteiger partial charge in [0.15, 0.2) is 0 Å². The first kappa shape index (κ1) is 21.4. The number of methoxy groups -OCH3 is 1. The van der Waals surface area contributed by atoms with E-state index in [9.17, 15) is 4.79 Å². The molecule has 0 saturated heterocycles. The molecule has 2 aromatic carbocycles. The molecule has 0 aliphatic heterocycles. The average molecular weight is 454 g/mol. The highest BCUT2D eigenvalue weighted by Gasteiger charge is 2.21. The van der Waals surface area contributed by atoms with Gasteiger partial charge in [0.1, 0.15) is 11.4 Å². The Morgan fingerprint density at radius 2 is 1.85 bits per heavy atom. The van der Waals surface area contributed by atoms with Gasteiger partial charge in [0.2, 0.25) is 0 Å². The standard InChI is InChI=1S/C26H23N5O3/c1-16-4-6-18(7-5-16)14-31-15-20(13-27-31)29-25(32)22-12-17(2)28-26-23(22)24(30-34-26)19-8-10-21(33-3)11-9-19/h4-13,15H,14H2,1-3H3,(H,29,32). The van der Waals surface area contributed by atoms with E-state index in [0.29, 0.717) is 40.3 Å². The molecule has 8 heteroatoms. The molecule has 0 aliphatic rings. The molecule has 5 aromatic rings. The number of aromatic nitrogens is 4. The molecule has 0 bridgehead atoms. The van der Waals surface area contributed by atoms with E-state index in [4.69, 9.17) is 9.26 Å². The number of hydrogen-bond donors (Lipinski definition) is 1. The normalized spacial score (nSPS) is 11.0. The Hall–Kier alpha value is -4.46. The van der Waals surface area contributed by atoms with Crippen molar-refractivity contribution in [1.82, 2.24) is 19.9 Å². The highest BCUT2D eigenvalue weighted by atomic mass is 16.5. The molecule has 0 spiro atoms. The molecule has 3 aromatic heterocycles. The van der Waals surface area contributed by atoms with Crippen LogP contribution in [0.5, 0.6) is 5.75 Å². The molecule has 8 nitrogen and oxygen atoms in total. The monoisotopic (exact) mass is 453 g/mol. The van der Waals surface area contributed by atoms with E-state index >= 15 is 0 Å². The molecule has 170 valence electrons. The van der Waals surface area contributed by atoms with Crippen LogP contribution in [0.2, 0.25) is 0 Å². The Bertz CT molecular complexity index is 1470. The maximum absolute atomic E-state index is 13.3. The molecule has 1 amide bonds. The van der Waals surface area contributed by atoms with Gasteiger partial charge in [-0.3, -0.25) is 9.48 Å². The maximum Gasteiger partial charge on any atom is 0.259 e. The fourth-order valence-corrected chi connectivity index (χ4v) is 3.79. The Labute approximate surface area is 196 Å². The second-order valence-corrected chi connectivity index (χ2v) is 8.12. The van der Waals surface area contributed by atoms with E-state index in [2.05, 4.69) is 51.7 Å². The van der Waals surface area contributed by atoms with Crippen LogP contribution < -0.4 is 10.1 Å². The van der Waals surface area contributed by atoms with Gasteiger partial charge in [-0.1, -0.05) is 35.0 Å². The van der Waals surface area contributed by atoms with Crippen molar-refractivity contribution in [1.29, 1.82) is 0 Å². The first-order valence-electron chi connectivity index (χ1n) is 10.8. The quantitative estimate of drug-likeness (QED) is 0.388. The Balaban J connectivity index is 1.43. The van der Waals surface area contributed by atoms with Crippen LogP contribution in [0.3, 0.4) is 0 Å². The molecule has 5 rings (SSSR count). The summed E-state index contributed by atoms with van der Waals surface area (Å²) >= 11 is 0. The Morgan fingerprint density at radius 3 is 2.59 bits per heavy atom. The molecule has 3 heterocycles. The van der Waals surface area contributed by atoms with E-state index in [0.717, 1.165) is 16.9 Å². The Morgan fingerprint density at radius 1 is 1.09 bits per heavy atom. The second kappa shape index (κ2) is 8.82. The number of fused-ring (bicyclic) bond motifs is 1. The van der Waals surface area contributed by atoms with Gasteiger partial charge in [-0.2, -0.15) is 5.10 Å². The average Bonchev–Trinajstić information content (AvgIpc) is 3.46. The summed E-state index contributed by atoms with van der Waals surface area (Å²) in [6, 6.07) is 17.4. The van der Waals surface area contributed by atoms with Crippen LogP contribution in [0.15, 0.2) is 71.5 Å². The van der Waals surface area contributed by atoms with Crippen LogP contribution in [0, 0.1) is 13.8 Å². The highest BCUT2D eigenvalue weighted by molar-refractivity contribution is 6.14. The number of carbonyl (C=O) groups excluding carboxylic acids is 1. The van der Waals surface area contributed by atoms with Gasteiger partial charge in [0.25, 0.3) is 11.6 Å². The molecule has 34 heavy (non-hydrogen) atoms. The molecule has 0 saturated carbocycles. The number of pyridine rings is 1. The van der Waals surface area contributed by atoms with Crippen molar-refractivity contribution in [3.8, 4) is 17.0 Å². The molecular formula is C26H23N5O3. The van der Waals surface area contributed by atoms with Crippen LogP contribution in [-0.2, 0) is 6.54 Å². The zero-order valence-electron chi connectivity index (χ0n) is 19.1. The number of aryl methyl sites for hydroxylation is 2. The smallest absolute Gasteiger partial charge is 0.259 e. The summed E-state index contributed by atoms with van der Waals surface area (Å²) in [5, 5.41) is 12.1. The van der Waals surface area contributed by atoms with Gasteiger partial charge >= 0.3 is 0 Å². The summed E-state index contributed by atoms with van der Waals surface area (Å²) in [7, 11) is 1.61. The minimum absolute atomic E-state index is 0.289. The number of rotatable bonds is 6. The number of hydrogen-bond acceptors (Lipinski definition) is 6. The third kappa shape index (κ3) is 4.25. The number of anilines is 1. The van der Waals surface area contributed by atoms with E-state index in [-0.39, 0.29) is 5.91 Å². The molecule has 0 unspecified atom stereocenters. The summed E-state index contributed by atoms with van der Waals surface area (Å²) in [4.78, 5) is 17.7. The summed E-state index contributed by atoms with van der Waals surface area (Å²) in [6.07, 6.45) is 3.44. The number of amides is 1. The summed E-state index contributed by atoms with van der Waals surface area (Å²) in [5.74, 6) is 0.439. The summed E-state index contributed by atoms with van der Waals surface area (Å²) < 4.78 is 12.5. The zero-order chi connectivity index (χ0) is 23.7. The van der Waals surface area contributed by atoms with Crippen molar-refractivity contribution < 1.29 is 14.1 Å². The van der Waals surface area contributed by atoms with Gasteiger partial charge in [0, 0.05) is 17.5 Å². The van der Waals surface area contributed by atoms with E-state index in [1.165, 1.54) is 5.56 Å². The van der Waals surface area contributed by atoms with Gasteiger partial charge in [-0.25, -0.2) is 4.98 Å². The van der Waals surface area contributed by atoms with Crippen LogP contribution in [-0.4, -0.2) is 32.9 Å². The predicted molar refractivity (Wildman–Crippen MR) is 129 cm³/mol. The number of nitrogens with zero attached hydrogens (tertiary/aromatic N) is 4. The largest absolute Gasteiger partial charge is 0.497 e. The van der Waals surface area contributed by atoms with Crippen molar-refractivity contribution >= 4 is 22.7 Å². The predicted octanol–water partition coefficient (Wildman–Crippen LogP) is 5.01. The number of nitrogens with one attached hydrogen (secondary N) is 1. The first-order valence-corrected chi connectivity index (χ1v) is 10.8. The fraction of sp³-hybridized carbons (Fsp3) is 0.154. The lowest BCUT2D eigenvalue weighted by molar-refractivity contribution is 0.102. The third-order valence-corrected chi connectivity index (χ3v) is 5.54. The van der Waals surface area contributed by atoms with Crippen LogP contribution >= 0.6 is 0 Å². The van der Waals surface area contributed by atoms with Crippen molar-refractivity contribution in [3.63, 3.8) is 0 Å². The van der Waals surface area contributed by atoms with E-state index < -0.39 is 0 Å². The molecule has 0 fully saturated rings. The van der Waals surface area contributed by atoms with Crippen molar-refractivity contribution in [2.45, 2.75) is 20.4 Å². The van der Waals surface area contributed by atoms with Gasteiger partial charge in [-0.05, 0) is 49.7 Å². The Kier molecular flexibility index (Phi) is 5.55. The van der Waals surface area contributed by atoms with Crippen LogP contribution in [0.4, 0.5) is 5.69 Å². The first-order chi connectivity index (χ1) is 16.5. The molecule has 0 atom stereocenters. The molecule has 0 radical (unpaired) electrons. The van der Waals surface area contributed by atoms with Crippen molar-refractivity contribution in [2.75, 3.05) is 12.4 Å². The third-order valence-electron chi connectivity index (χ3n) is 5.54. The van der Waals surface area contributed by atoms with Crippen LogP contribution in [0.1, 0.15) is 27.2 Å². The summed E-state index contributed by atoms with van der Waals surface area (Å²) in [5.41, 5.74) is 5.68. The summed E-state index contributed by atoms with van der Waals surface area (Å²) in [6.45, 7) is 4.48. The topological polar surface area (TPSA) is 95.1 Å². The number of ether oxygens (including phenoxy) is 1. The second-order valence-electron chi connectivity index (χ2n) is 8.12. The van der Waals surface area contributed by atoms with Crippen molar-refractivity contribution in [2.24, 2.45) is 0 Å². The molecule has 0 aliphatic carbocycles. The number of benzene rings is 2. The molecular weight excluding hydrogens is 430 g/mol. The molecule has 1 N–H and O–H groups in total. The van der Waals surface area contributed by atoms with E-state index in [1.807, 2.05) is 31.2 Å². The zero-order valence-corrected chi connectivity index (χ0v) is 19.1. The van der Waals surface area contributed by atoms with Crippen molar-refractivity contribution in [3.05, 3.63) is 89.4 Å². The van der Waals surface area contributed by atoms with Crippen LogP contribution in [0.25, 0.3) is 22.4 Å². The van der Waals surface area contributed by atoms with Gasteiger partial charge in [-0.15, -0.1) is 0 Å². The maximum atomic E-state index is 13.3. The number of carbonyl (C=O) groups is 1. The van der Waals surface area contributed by atoms with E-state index in [1.54, 1.807) is 30.3 Å². The highest BCUT2D eigenvalue weighted by Crippen LogP contribution is 2.31. The van der Waals surface area contributed by atoms with Gasteiger partial charge in [0.05, 0.1) is 36.5 Å². The minimum Gasteiger partial charge on any atom is -0.497 e. The van der Waals surface area contributed by atoms with Gasteiger partial charge < -0.3 is 14.6 Å².